The summed E-state index contributed by atoms with van der Waals surface area (Å²) in [6.07, 6.45) is 0. The lowest BCUT2D eigenvalue weighted by Crippen LogP contribution is -2.20. The SMILES string of the molecule is Cc1ccc([N+](=O)[O-])cc1NC(=O)Cn1nnc2ccccc21. The summed E-state index contributed by atoms with van der Waals surface area (Å²) in [6, 6.07) is 11.6. The first-order valence-corrected chi connectivity index (χ1v) is 6.88. The van der Waals surface area contributed by atoms with Crippen LogP contribution in [0.5, 0.6) is 0 Å². The molecule has 2 aromatic carbocycles. The van der Waals surface area contributed by atoms with E-state index in [0.717, 1.165) is 11.1 Å². The second-order valence-corrected chi connectivity index (χ2v) is 5.04. The second-order valence-electron chi connectivity index (χ2n) is 5.04. The van der Waals surface area contributed by atoms with Crippen molar-refractivity contribution in [3.8, 4) is 0 Å². The number of nitro benzene ring substituents is 1. The summed E-state index contributed by atoms with van der Waals surface area (Å²) < 4.78 is 1.48. The summed E-state index contributed by atoms with van der Waals surface area (Å²) in [4.78, 5) is 22.5. The van der Waals surface area contributed by atoms with Gasteiger partial charge >= 0.3 is 0 Å². The normalized spacial score (nSPS) is 10.7. The highest BCUT2D eigenvalue weighted by molar-refractivity contribution is 5.92. The Labute approximate surface area is 130 Å². The number of carbonyl (C=O) groups excluding carboxylic acids is 1. The number of carbonyl (C=O) groups is 1. The summed E-state index contributed by atoms with van der Waals surface area (Å²) in [5, 5.41) is 21.4. The van der Waals surface area contributed by atoms with Crippen molar-refractivity contribution < 1.29 is 9.72 Å². The van der Waals surface area contributed by atoms with Crippen LogP contribution in [0.3, 0.4) is 0 Å². The summed E-state index contributed by atoms with van der Waals surface area (Å²) >= 11 is 0. The maximum absolute atomic E-state index is 12.2. The Morgan fingerprint density at radius 1 is 1.30 bits per heavy atom. The number of aromatic nitrogens is 3. The van der Waals surface area contributed by atoms with E-state index in [1.165, 1.54) is 16.8 Å². The van der Waals surface area contributed by atoms with E-state index in [2.05, 4.69) is 15.6 Å². The second kappa shape index (κ2) is 5.84. The molecular weight excluding hydrogens is 298 g/mol. The fourth-order valence-corrected chi connectivity index (χ4v) is 2.22. The van der Waals surface area contributed by atoms with Gasteiger partial charge in [-0.25, -0.2) is 4.68 Å². The molecule has 1 amide bonds. The van der Waals surface area contributed by atoms with Crippen LogP contribution in [0.4, 0.5) is 11.4 Å². The van der Waals surface area contributed by atoms with Crippen molar-refractivity contribution in [1.82, 2.24) is 15.0 Å². The van der Waals surface area contributed by atoms with Gasteiger partial charge in [0.05, 0.1) is 16.1 Å². The number of hydrogen-bond donors (Lipinski definition) is 1. The molecule has 116 valence electrons. The largest absolute Gasteiger partial charge is 0.324 e. The van der Waals surface area contributed by atoms with Crippen LogP contribution in [0, 0.1) is 17.0 Å². The predicted octanol–water partition coefficient (Wildman–Crippen LogP) is 2.29. The molecule has 0 bridgehead atoms. The Morgan fingerprint density at radius 3 is 2.87 bits per heavy atom. The molecule has 0 fully saturated rings. The third kappa shape index (κ3) is 3.00. The van der Waals surface area contributed by atoms with Gasteiger partial charge in [-0.3, -0.25) is 14.9 Å². The average Bonchev–Trinajstić information content (AvgIpc) is 2.92. The van der Waals surface area contributed by atoms with E-state index >= 15 is 0 Å². The first-order chi connectivity index (χ1) is 11.0. The van der Waals surface area contributed by atoms with Crippen molar-refractivity contribution in [2.45, 2.75) is 13.5 Å². The van der Waals surface area contributed by atoms with Gasteiger partial charge in [-0.05, 0) is 24.6 Å². The van der Waals surface area contributed by atoms with Gasteiger partial charge in [0.1, 0.15) is 12.1 Å². The maximum Gasteiger partial charge on any atom is 0.271 e. The Morgan fingerprint density at radius 2 is 2.09 bits per heavy atom. The number of nitro groups is 1. The number of aryl methyl sites for hydroxylation is 1. The summed E-state index contributed by atoms with van der Waals surface area (Å²) in [5.74, 6) is -0.329. The molecule has 3 rings (SSSR count). The summed E-state index contributed by atoms with van der Waals surface area (Å²) in [6.45, 7) is 1.74. The minimum absolute atomic E-state index is 0.0252. The van der Waals surface area contributed by atoms with Crippen LogP contribution in [0.2, 0.25) is 0 Å². The van der Waals surface area contributed by atoms with E-state index in [9.17, 15) is 14.9 Å². The van der Waals surface area contributed by atoms with Crippen LogP contribution in [0.25, 0.3) is 11.0 Å². The fourth-order valence-electron chi connectivity index (χ4n) is 2.22. The van der Waals surface area contributed by atoms with Crippen molar-refractivity contribution in [2.75, 3.05) is 5.32 Å². The lowest BCUT2D eigenvalue weighted by Gasteiger charge is -2.08. The first kappa shape index (κ1) is 14.6. The first-order valence-electron chi connectivity index (χ1n) is 6.88. The minimum Gasteiger partial charge on any atom is -0.324 e. The highest BCUT2D eigenvalue weighted by Crippen LogP contribution is 2.22. The predicted molar refractivity (Wildman–Crippen MR) is 84.0 cm³/mol. The molecule has 0 atom stereocenters. The minimum atomic E-state index is -0.500. The molecule has 0 saturated carbocycles. The molecule has 0 radical (unpaired) electrons. The van der Waals surface area contributed by atoms with Crippen LogP contribution < -0.4 is 5.32 Å². The number of non-ortho nitro benzene ring substituents is 1. The van der Waals surface area contributed by atoms with Gasteiger partial charge in [0.2, 0.25) is 5.91 Å². The lowest BCUT2D eigenvalue weighted by atomic mass is 10.2. The van der Waals surface area contributed by atoms with Gasteiger partial charge in [-0.2, -0.15) is 0 Å². The van der Waals surface area contributed by atoms with Gasteiger partial charge < -0.3 is 5.32 Å². The molecule has 0 aliphatic carbocycles. The molecule has 0 aliphatic rings. The lowest BCUT2D eigenvalue weighted by molar-refractivity contribution is -0.384. The molecule has 1 aromatic heterocycles. The van der Waals surface area contributed by atoms with E-state index in [4.69, 9.17) is 0 Å². The van der Waals surface area contributed by atoms with Crippen molar-refractivity contribution >= 4 is 28.3 Å². The number of nitrogens with one attached hydrogen (secondary N) is 1. The van der Waals surface area contributed by atoms with Gasteiger partial charge in [0.25, 0.3) is 5.69 Å². The Kier molecular flexibility index (Phi) is 3.71. The number of fused-ring (bicyclic) bond motifs is 1. The Balaban J connectivity index is 1.80. The molecule has 8 heteroatoms. The zero-order valence-electron chi connectivity index (χ0n) is 12.3. The van der Waals surface area contributed by atoms with Crippen LogP contribution >= 0.6 is 0 Å². The highest BCUT2D eigenvalue weighted by atomic mass is 16.6. The zero-order chi connectivity index (χ0) is 16.4. The van der Waals surface area contributed by atoms with Crippen molar-refractivity contribution in [2.24, 2.45) is 0 Å². The quantitative estimate of drug-likeness (QED) is 0.588. The van der Waals surface area contributed by atoms with Gasteiger partial charge in [-0.1, -0.05) is 23.4 Å². The van der Waals surface area contributed by atoms with E-state index in [1.807, 2.05) is 18.2 Å². The average molecular weight is 311 g/mol. The van der Waals surface area contributed by atoms with E-state index in [-0.39, 0.29) is 18.1 Å². The van der Waals surface area contributed by atoms with Gasteiger partial charge in [0.15, 0.2) is 0 Å². The van der Waals surface area contributed by atoms with E-state index in [0.29, 0.717) is 11.2 Å². The molecule has 0 saturated heterocycles. The van der Waals surface area contributed by atoms with Crippen molar-refractivity contribution in [3.63, 3.8) is 0 Å². The third-order valence-corrected chi connectivity index (χ3v) is 3.42. The Bertz CT molecular complexity index is 903. The molecule has 3 aromatic rings. The topological polar surface area (TPSA) is 103 Å². The molecule has 0 aliphatic heterocycles. The van der Waals surface area contributed by atoms with Crippen LogP contribution in [0.1, 0.15) is 5.56 Å². The van der Waals surface area contributed by atoms with Gasteiger partial charge in [-0.15, -0.1) is 5.10 Å². The molecule has 0 spiro atoms. The molecule has 1 N–H and O–H groups in total. The van der Waals surface area contributed by atoms with Crippen LogP contribution in [-0.4, -0.2) is 25.8 Å². The molecule has 8 nitrogen and oxygen atoms in total. The van der Waals surface area contributed by atoms with Crippen LogP contribution in [0.15, 0.2) is 42.5 Å². The highest BCUT2D eigenvalue weighted by Gasteiger charge is 2.13. The van der Waals surface area contributed by atoms with Crippen molar-refractivity contribution in [3.05, 3.63) is 58.1 Å². The van der Waals surface area contributed by atoms with Crippen LogP contribution in [-0.2, 0) is 11.3 Å². The smallest absolute Gasteiger partial charge is 0.271 e. The standard InChI is InChI=1S/C15H13N5O3/c1-10-6-7-11(20(22)23)8-13(10)16-15(21)9-19-14-5-3-2-4-12(14)17-18-19/h2-8H,9H2,1H3,(H,16,21). The maximum atomic E-state index is 12.2. The molecule has 23 heavy (non-hydrogen) atoms. The number of rotatable bonds is 4. The number of anilines is 1. The summed E-state index contributed by atoms with van der Waals surface area (Å²) in [7, 11) is 0. The number of nitrogens with zero attached hydrogens (tertiary/aromatic N) is 4. The summed E-state index contributed by atoms with van der Waals surface area (Å²) in [5.41, 5.74) is 2.53. The number of hydrogen-bond acceptors (Lipinski definition) is 5. The third-order valence-electron chi connectivity index (χ3n) is 3.42. The zero-order valence-corrected chi connectivity index (χ0v) is 12.3. The van der Waals surface area contributed by atoms with E-state index < -0.39 is 4.92 Å². The van der Waals surface area contributed by atoms with Crippen molar-refractivity contribution in [1.29, 1.82) is 0 Å². The number of amides is 1. The molecular formula is C15H13N5O3. The number of para-hydroxylation sites is 1. The van der Waals surface area contributed by atoms with Gasteiger partial charge in [0, 0.05) is 12.1 Å². The molecule has 0 unspecified atom stereocenters. The number of benzene rings is 2. The fraction of sp³-hybridized carbons (Fsp3) is 0.133. The van der Waals surface area contributed by atoms with E-state index in [1.54, 1.807) is 19.1 Å². The molecule has 1 heterocycles. The monoisotopic (exact) mass is 311 g/mol. The Hall–Kier alpha value is -3.29.